The van der Waals surface area contributed by atoms with E-state index in [1.165, 1.54) is 23.1 Å². The van der Waals surface area contributed by atoms with Gasteiger partial charge in [0.15, 0.2) is 0 Å². The molecule has 0 radical (unpaired) electrons. The maximum Gasteiger partial charge on any atom is 0.262 e. The highest BCUT2D eigenvalue weighted by Gasteiger charge is 2.36. The van der Waals surface area contributed by atoms with Gasteiger partial charge in [-0.3, -0.25) is 9.59 Å². The Morgan fingerprint density at radius 1 is 0.974 bits per heavy atom. The van der Waals surface area contributed by atoms with Gasteiger partial charge >= 0.3 is 0 Å². The molecule has 0 aliphatic carbocycles. The van der Waals surface area contributed by atoms with Gasteiger partial charge in [0.1, 0.15) is 23.9 Å². The SMILES string of the molecule is COCCN(CC(=O)N1N=C(c2cccc(OC)c2)C[C@@H]1c1ccccc1F)C(=O)c1ccc(OC)cc1. The van der Waals surface area contributed by atoms with E-state index in [1.807, 2.05) is 24.3 Å². The van der Waals surface area contributed by atoms with Gasteiger partial charge in [0.05, 0.1) is 32.6 Å². The number of hydrogen-bond acceptors (Lipinski definition) is 6. The summed E-state index contributed by atoms with van der Waals surface area (Å²) < 4.78 is 30.5. The third-order valence-electron chi connectivity index (χ3n) is 6.35. The third kappa shape index (κ3) is 6.00. The molecule has 0 saturated heterocycles. The minimum atomic E-state index is -0.662. The number of carbonyl (C=O) groups excluding carboxylic acids is 2. The van der Waals surface area contributed by atoms with Crippen molar-refractivity contribution in [3.63, 3.8) is 0 Å². The van der Waals surface area contributed by atoms with Crippen LogP contribution in [-0.2, 0) is 9.53 Å². The Balaban J connectivity index is 1.64. The van der Waals surface area contributed by atoms with Crippen LogP contribution in [0.2, 0.25) is 0 Å². The second-order valence-electron chi connectivity index (χ2n) is 8.71. The standard InChI is InChI=1S/C29H30FN3O5/c1-36-16-15-32(29(35)20-11-13-22(37-2)14-12-20)19-28(34)33-27(24-9-4-5-10-25(24)30)18-26(31-33)21-7-6-8-23(17-21)38-3/h4-14,17,27H,15-16,18-19H2,1-3H3/t27-/m1/s1. The van der Waals surface area contributed by atoms with Crippen molar-refractivity contribution in [2.75, 3.05) is 41.0 Å². The molecule has 1 aliphatic heterocycles. The molecule has 0 bridgehead atoms. The summed E-state index contributed by atoms with van der Waals surface area (Å²) >= 11 is 0. The van der Waals surface area contributed by atoms with Crippen molar-refractivity contribution in [2.24, 2.45) is 5.10 Å². The molecule has 2 amide bonds. The lowest BCUT2D eigenvalue weighted by molar-refractivity contribution is -0.133. The molecule has 1 heterocycles. The molecule has 9 heteroatoms. The molecule has 38 heavy (non-hydrogen) atoms. The third-order valence-corrected chi connectivity index (χ3v) is 6.35. The Morgan fingerprint density at radius 2 is 1.71 bits per heavy atom. The molecule has 0 spiro atoms. The first kappa shape index (κ1) is 26.8. The molecule has 0 unspecified atom stereocenters. The Morgan fingerprint density at radius 3 is 2.39 bits per heavy atom. The maximum absolute atomic E-state index is 14.9. The first-order chi connectivity index (χ1) is 18.4. The number of amides is 2. The lowest BCUT2D eigenvalue weighted by Crippen LogP contribution is -2.42. The van der Waals surface area contributed by atoms with E-state index in [4.69, 9.17) is 14.2 Å². The predicted molar refractivity (Wildman–Crippen MR) is 141 cm³/mol. The van der Waals surface area contributed by atoms with Gasteiger partial charge in [-0.2, -0.15) is 5.10 Å². The lowest BCUT2D eigenvalue weighted by Gasteiger charge is -2.27. The molecule has 0 fully saturated rings. The van der Waals surface area contributed by atoms with Crippen LogP contribution in [0.25, 0.3) is 0 Å². The Labute approximate surface area is 221 Å². The zero-order valence-electron chi connectivity index (χ0n) is 21.6. The van der Waals surface area contributed by atoms with Gasteiger partial charge in [0.2, 0.25) is 0 Å². The summed E-state index contributed by atoms with van der Waals surface area (Å²) in [7, 11) is 4.64. The molecular weight excluding hydrogens is 489 g/mol. The number of benzene rings is 3. The van der Waals surface area contributed by atoms with Gasteiger partial charge in [-0.1, -0.05) is 30.3 Å². The minimum Gasteiger partial charge on any atom is -0.497 e. The monoisotopic (exact) mass is 519 g/mol. The quantitative estimate of drug-likeness (QED) is 0.399. The van der Waals surface area contributed by atoms with Gasteiger partial charge in [-0.05, 0) is 42.5 Å². The molecule has 1 aliphatic rings. The summed E-state index contributed by atoms with van der Waals surface area (Å²) in [6.45, 7) is 0.177. The van der Waals surface area contributed by atoms with Crippen molar-refractivity contribution < 1.29 is 28.2 Å². The average molecular weight is 520 g/mol. The topological polar surface area (TPSA) is 80.7 Å². The molecule has 8 nitrogen and oxygen atoms in total. The zero-order chi connectivity index (χ0) is 27.1. The lowest BCUT2D eigenvalue weighted by atomic mass is 9.98. The molecule has 1 atom stereocenters. The molecule has 0 N–H and O–H groups in total. The fourth-order valence-corrected chi connectivity index (χ4v) is 4.31. The fraction of sp³-hybridized carbons (Fsp3) is 0.276. The molecule has 0 saturated carbocycles. The van der Waals surface area contributed by atoms with Gasteiger partial charge in [0, 0.05) is 36.8 Å². The van der Waals surface area contributed by atoms with E-state index in [2.05, 4.69) is 5.10 Å². The van der Waals surface area contributed by atoms with Gasteiger partial charge < -0.3 is 19.1 Å². The number of nitrogens with zero attached hydrogens (tertiary/aromatic N) is 3. The van der Waals surface area contributed by atoms with Crippen molar-refractivity contribution in [3.8, 4) is 11.5 Å². The van der Waals surface area contributed by atoms with Crippen LogP contribution >= 0.6 is 0 Å². The summed E-state index contributed by atoms with van der Waals surface area (Å²) in [5.74, 6) is 0.0623. The second kappa shape index (κ2) is 12.3. The predicted octanol–water partition coefficient (Wildman–Crippen LogP) is 4.31. The van der Waals surface area contributed by atoms with Crippen molar-refractivity contribution >= 4 is 17.5 Å². The van der Waals surface area contributed by atoms with Crippen molar-refractivity contribution in [2.45, 2.75) is 12.5 Å². The van der Waals surface area contributed by atoms with Crippen molar-refractivity contribution in [1.82, 2.24) is 9.91 Å². The smallest absolute Gasteiger partial charge is 0.262 e. The van der Waals surface area contributed by atoms with Crippen LogP contribution in [0.15, 0.2) is 77.9 Å². The van der Waals surface area contributed by atoms with Crippen LogP contribution < -0.4 is 9.47 Å². The Kier molecular flexibility index (Phi) is 8.70. The normalized spacial score (nSPS) is 14.7. The molecule has 3 aromatic carbocycles. The summed E-state index contributed by atoms with van der Waals surface area (Å²) in [6.07, 6.45) is 0.310. The fourth-order valence-electron chi connectivity index (χ4n) is 4.31. The average Bonchev–Trinajstić information content (AvgIpc) is 3.40. The van der Waals surface area contributed by atoms with Crippen LogP contribution in [0, 0.1) is 5.82 Å². The number of ether oxygens (including phenoxy) is 3. The van der Waals surface area contributed by atoms with Crippen LogP contribution in [0.5, 0.6) is 11.5 Å². The molecular formula is C29H30FN3O5. The largest absolute Gasteiger partial charge is 0.497 e. The zero-order valence-corrected chi connectivity index (χ0v) is 21.6. The summed E-state index contributed by atoms with van der Waals surface area (Å²) in [5, 5.41) is 5.90. The number of rotatable bonds is 10. The Bertz CT molecular complexity index is 1310. The van der Waals surface area contributed by atoms with E-state index in [-0.39, 0.29) is 25.6 Å². The molecule has 198 valence electrons. The summed E-state index contributed by atoms with van der Waals surface area (Å²) in [4.78, 5) is 28.4. The van der Waals surface area contributed by atoms with E-state index >= 15 is 0 Å². The molecule has 4 rings (SSSR count). The number of hydrogen-bond donors (Lipinski definition) is 0. The van der Waals surface area contributed by atoms with E-state index in [9.17, 15) is 14.0 Å². The molecule has 3 aromatic rings. The molecule has 0 aromatic heterocycles. The summed E-state index contributed by atoms with van der Waals surface area (Å²) in [5.41, 5.74) is 2.15. The second-order valence-corrected chi connectivity index (χ2v) is 8.71. The Hall–Kier alpha value is -4.24. The number of methoxy groups -OCH3 is 3. The van der Waals surface area contributed by atoms with E-state index in [0.717, 1.165) is 5.56 Å². The van der Waals surface area contributed by atoms with Crippen LogP contribution in [0.3, 0.4) is 0 Å². The highest BCUT2D eigenvalue weighted by molar-refractivity contribution is 6.04. The van der Waals surface area contributed by atoms with E-state index in [0.29, 0.717) is 34.8 Å². The minimum absolute atomic E-state index is 0.192. The van der Waals surface area contributed by atoms with E-state index in [1.54, 1.807) is 56.7 Å². The van der Waals surface area contributed by atoms with Gasteiger partial charge in [0.25, 0.3) is 11.8 Å². The number of carbonyl (C=O) groups is 2. The maximum atomic E-state index is 14.9. The van der Waals surface area contributed by atoms with Crippen LogP contribution in [0.4, 0.5) is 4.39 Å². The van der Waals surface area contributed by atoms with E-state index < -0.39 is 17.8 Å². The van der Waals surface area contributed by atoms with Crippen LogP contribution in [0.1, 0.15) is 33.9 Å². The van der Waals surface area contributed by atoms with Crippen molar-refractivity contribution in [1.29, 1.82) is 0 Å². The van der Waals surface area contributed by atoms with Crippen LogP contribution in [-0.4, -0.2) is 68.5 Å². The number of hydrazone groups is 1. The first-order valence-corrected chi connectivity index (χ1v) is 12.2. The first-order valence-electron chi connectivity index (χ1n) is 12.2. The summed E-state index contributed by atoms with van der Waals surface area (Å²) in [6, 6.07) is 19.7. The number of halogens is 1. The van der Waals surface area contributed by atoms with Gasteiger partial charge in [-0.25, -0.2) is 9.40 Å². The highest BCUT2D eigenvalue weighted by atomic mass is 19.1. The highest BCUT2D eigenvalue weighted by Crippen LogP contribution is 2.34. The van der Waals surface area contributed by atoms with Crippen molar-refractivity contribution in [3.05, 3.63) is 95.3 Å². The van der Waals surface area contributed by atoms with Gasteiger partial charge in [-0.15, -0.1) is 0 Å².